The van der Waals surface area contributed by atoms with Crippen LogP contribution in [0.5, 0.6) is 17.2 Å². The third-order valence-electron chi connectivity index (χ3n) is 6.90. The van der Waals surface area contributed by atoms with Crippen LogP contribution < -0.4 is 19.5 Å². The molecule has 10 heteroatoms. The predicted octanol–water partition coefficient (Wildman–Crippen LogP) is 2.09. The molecule has 0 aromatic heterocycles. The van der Waals surface area contributed by atoms with Crippen molar-refractivity contribution in [1.29, 1.82) is 0 Å². The molecule has 1 heterocycles. The molecule has 0 radical (unpaired) electrons. The highest BCUT2D eigenvalue weighted by Crippen LogP contribution is 2.41. The molecular weight excluding hydrogens is 478 g/mol. The summed E-state index contributed by atoms with van der Waals surface area (Å²) in [7, 11) is 4.78. The number of amides is 2. The van der Waals surface area contributed by atoms with Crippen LogP contribution in [0.15, 0.2) is 12.1 Å². The fourth-order valence-electron chi connectivity index (χ4n) is 4.84. The van der Waals surface area contributed by atoms with Crippen molar-refractivity contribution in [3.8, 4) is 17.2 Å². The molecule has 1 saturated carbocycles. The molecule has 3 atom stereocenters. The highest BCUT2D eigenvalue weighted by atomic mass is 16.5. The van der Waals surface area contributed by atoms with Crippen LogP contribution in [0.1, 0.15) is 39.2 Å². The van der Waals surface area contributed by atoms with Crippen molar-refractivity contribution in [3.63, 3.8) is 0 Å². The highest BCUT2D eigenvalue weighted by Gasteiger charge is 2.50. The van der Waals surface area contributed by atoms with Gasteiger partial charge in [-0.3, -0.25) is 19.3 Å². The Morgan fingerprint density at radius 3 is 2.22 bits per heavy atom. The van der Waals surface area contributed by atoms with Gasteiger partial charge >= 0.3 is 5.97 Å². The maximum absolute atomic E-state index is 13.4. The summed E-state index contributed by atoms with van der Waals surface area (Å²) >= 11 is 0. The summed E-state index contributed by atoms with van der Waals surface area (Å²) in [5.74, 6) is 0.587. The molecule has 0 bridgehead atoms. The monoisotopic (exact) mass is 519 g/mol. The van der Waals surface area contributed by atoms with Crippen LogP contribution in [0, 0.1) is 17.8 Å². The number of methoxy groups -OCH3 is 3. The number of carbonyl (C=O) groups excluding carboxylic acids is 3. The van der Waals surface area contributed by atoms with Crippen molar-refractivity contribution in [1.82, 2.24) is 15.1 Å². The van der Waals surface area contributed by atoms with Gasteiger partial charge in [0.15, 0.2) is 11.5 Å². The molecule has 2 aliphatic rings. The van der Waals surface area contributed by atoms with E-state index < -0.39 is 17.9 Å². The minimum absolute atomic E-state index is 0.0706. The molecule has 0 spiro atoms. The summed E-state index contributed by atoms with van der Waals surface area (Å²) in [6.07, 6.45) is 1.02. The fraction of sp³-hybridized carbons (Fsp3) is 0.667. The molecule has 2 fully saturated rings. The zero-order chi connectivity index (χ0) is 27.1. The Morgan fingerprint density at radius 2 is 1.65 bits per heavy atom. The maximum Gasteiger partial charge on any atom is 0.309 e. The lowest BCUT2D eigenvalue weighted by Crippen LogP contribution is -2.55. The van der Waals surface area contributed by atoms with Crippen molar-refractivity contribution in [2.45, 2.75) is 46.2 Å². The van der Waals surface area contributed by atoms with Gasteiger partial charge in [0.1, 0.15) is 6.04 Å². The second-order valence-corrected chi connectivity index (χ2v) is 9.99. The molecule has 10 nitrogen and oxygen atoms in total. The maximum atomic E-state index is 13.4. The topological polar surface area (TPSA) is 107 Å². The van der Waals surface area contributed by atoms with Crippen LogP contribution in [0.3, 0.4) is 0 Å². The molecule has 1 aliphatic heterocycles. The predicted molar refractivity (Wildman–Crippen MR) is 138 cm³/mol. The number of rotatable bonds is 12. The van der Waals surface area contributed by atoms with Gasteiger partial charge in [-0.2, -0.15) is 0 Å². The smallest absolute Gasteiger partial charge is 0.309 e. The van der Waals surface area contributed by atoms with Gasteiger partial charge in [0, 0.05) is 38.3 Å². The SMILES string of the molecule is CCOC(=O)[C@@H]1C[C@H]1C(=O)N[C@@H](CC(C)C)C(=O)N1CCN(Cc2ccc(OC)c(OC)c2OC)CC1. The molecule has 1 aromatic carbocycles. The number of nitrogens with zero attached hydrogens (tertiary/aromatic N) is 2. The quantitative estimate of drug-likeness (QED) is 0.419. The Balaban J connectivity index is 1.58. The molecule has 1 saturated heterocycles. The number of benzene rings is 1. The van der Waals surface area contributed by atoms with Crippen LogP contribution in [0.2, 0.25) is 0 Å². The number of esters is 1. The molecule has 2 amide bonds. The van der Waals surface area contributed by atoms with Crippen LogP contribution in [-0.2, 0) is 25.7 Å². The molecule has 1 N–H and O–H groups in total. The normalized spacial score (nSPS) is 20.2. The summed E-state index contributed by atoms with van der Waals surface area (Å²) in [4.78, 5) is 42.2. The second-order valence-electron chi connectivity index (χ2n) is 9.99. The minimum Gasteiger partial charge on any atom is -0.493 e. The summed E-state index contributed by atoms with van der Waals surface area (Å²) in [6, 6.07) is 3.23. The molecule has 206 valence electrons. The van der Waals surface area contributed by atoms with E-state index in [0.29, 0.717) is 69.4 Å². The number of ether oxygens (including phenoxy) is 4. The molecular formula is C27H41N3O7. The number of hydrogen-bond donors (Lipinski definition) is 1. The van der Waals surface area contributed by atoms with Gasteiger partial charge in [0.25, 0.3) is 0 Å². The molecule has 3 rings (SSSR count). The summed E-state index contributed by atoms with van der Waals surface area (Å²) in [5, 5.41) is 2.93. The Bertz CT molecular complexity index is 960. The van der Waals surface area contributed by atoms with Crippen LogP contribution >= 0.6 is 0 Å². The Kier molecular flexibility index (Phi) is 10.0. The van der Waals surface area contributed by atoms with E-state index in [0.717, 1.165) is 5.56 Å². The van der Waals surface area contributed by atoms with Crippen LogP contribution in [0.4, 0.5) is 0 Å². The average Bonchev–Trinajstić information content (AvgIpc) is 3.69. The number of hydrogen-bond acceptors (Lipinski definition) is 8. The summed E-state index contributed by atoms with van der Waals surface area (Å²) in [6.45, 7) is 9.26. The lowest BCUT2D eigenvalue weighted by atomic mass is 10.0. The Labute approximate surface area is 219 Å². The third kappa shape index (κ3) is 7.06. The first-order chi connectivity index (χ1) is 17.7. The number of carbonyl (C=O) groups is 3. The molecule has 1 aliphatic carbocycles. The van der Waals surface area contributed by atoms with Gasteiger partial charge in [0.2, 0.25) is 17.6 Å². The van der Waals surface area contributed by atoms with Crippen molar-refractivity contribution in [2.75, 3.05) is 54.1 Å². The summed E-state index contributed by atoms with van der Waals surface area (Å²) in [5.41, 5.74) is 0.977. The van der Waals surface area contributed by atoms with Gasteiger partial charge in [-0.25, -0.2) is 0 Å². The van der Waals surface area contributed by atoms with E-state index in [4.69, 9.17) is 18.9 Å². The first kappa shape index (κ1) is 28.6. The van der Waals surface area contributed by atoms with E-state index in [-0.39, 0.29) is 23.7 Å². The van der Waals surface area contributed by atoms with E-state index in [9.17, 15) is 14.4 Å². The van der Waals surface area contributed by atoms with E-state index in [1.165, 1.54) is 0 Å². The van der Waals surface area contributed by atoms with E-state index in [1.807, 2.05) is 30.9 Å². The highest BCUT2D eigenvalue weighted by molar-refractivity contribution is 5.93. The fourth-order valence-corrected chi connectivity index (χ4v) is 4.84. The van der Waals surface area contributed by atoms with E-state index in [2.05, 4.69) is 10.2 Å². The largest absolute Gasteiger partial charge is 0.493 e. The zero-order valence-corrected chi connectivity index (χ0v) is 22.9. The second kappa shape index (κ2) is 13.0. The molecule has 37 heavy (non-hydrogen) atoms. The first-order valence-corrected chi connectivity index (χ1v) is 13.0. The van der Waals surface area contributed by atoms with Gasteiger partial charge in [-0.1, -0.05) is 19.9 Å². The van der Waals surface area contributed by atoms with Gasteiger partial charge in [-0.15, -0.1) is 0 Å². The van der Waals surface area contributed by atoms with Crippen molar-refractivity contribution >= 4 is 17.8 Å². The Morgan fingerprint density at radius 1 is 0.973 bits per heavy atom. The molecule has 0 unspecified atom stereocenters. The standard InChI is InChI=1S/C27H41N3O7/c1-7-37-27(33)20-15-19(20)25(31)28-21(14-17(2)3)26(32)30-12-10-29(11-13-30)16-18-8-9-22(34-4)24(36-6)23(18)35-5/h8-9,17,19-21H,7,10-16H2,1-6H3,(H,28,31)/t19-,20-,21+/m1/s1. The van der Waals surface area contributed by atoms with Gasteiger partial charge < -0.3 is 29.2 Å². The van der Waals surface area contributed by atoms with Crippen LogP contribution in [0.25, 0.3) is 0 Å². The van der Waals surface area contributed by atoms with E-state index in [1.54, 1.807) is 28.3 Å². The third-order valence-corrected chi connectivity index (χ3v) is 6.90. The lowest BCUT2D eigenvalue weighted by molar-refractivity contribution is -0.146. The first-order valence-electron chi connectivity index (χ1n) is 13.0. The van der Waals surface area contributed by atoms with Gasteiger partial charge in [0.05, 0.1) is 39.8 Å². The van der Waals surface area contributed by atoms with Crippen molar-refractivity contribution in [2.24, 2.45) is 17.8 Å². The van der Waals surface area contributed by atoms with Crippen molar-refractivity contribution in [3.05, 3.63) is 17.7 Å². The number of nitrogens with one attached hydrogen (secondary N) is 1. The zero-order valence-electron chi connectivity index (χ0n) is 22.9. The Hall–Kier alpha value is -3.01. The minimum atomic E-state index is -0.603. The lowest BCUT2D eigenvalue weighted by Gasteiger charge is -2.37. The van der Waals surface area contributed by atoms with E-state index >= 15 is 0 Å². The molecule has 1 aromatic rings. The number of piperazine rings is 1. The summed E-state index contributed by atoms with van der Waals surface area (Å²) < 4.78 is 21.5. The van der Waals surface area contributed by atoms with Crippen LogP contribution in [-0.4, -0.2) is 87.7 Å². The van der Waals surface area contributed by atoms with Gasteiger partial charge in [-0.05, 0) is 31.7 Å². The average molecular weight is 520 g/mol. The van der Waals surface area contributed by atoms with Crippen molar-refractivity contribution < 1.29 is 33.3 Å².